The molecule has 0 fully saturated rings. The number of rotatable bonds is 10. The molecule has 1 atom stereocenters. The van der Waals surface area contributed by atoms with Crippen LogP contribution in [0, 0.1) is 0 Å². The van der Waals surface area contributed by atoms with Crippen LogP contribution in [-0.4, -0.2) is 51.5 Å². The van der Waals surface area contributed by atoms with Gasteiger partial charge in [0.15, 0.2) is 5.96 Å². The van der Waals surface area contributed by atoms with Crippen LogP contribution in [0.1, 0.15) is 17.0 Å². The van der Waals surface area contributed by atoms with Crippen LogP contribution in [0.15, 0.2) is 59.6 Å². The van der Waals surface area contributed by atoms with Gasteiger partial charge >= 0.3 is 0 Å². The van der Waals surface area contributed by atoms with Crippen molar-refractivity contribution < 1.29 is 9.84 Å². The highest BCUT2D eigenvalue weighted by molar-refractivity contribution is 5.79. The Morgan fingerprint density at radius 1 is 1.07 bits per heavy atom. The molecule has 1 unspecified atom stereocenters. The van der Waals surface area contributed by atoms with E-state index in [9.17, 15) is 5.11 Å². The summed E-state index contributed by atoms with van der Waals surface area (Å²) >= 11 is 0. The highest BCUT2D eigenvalue weighted by Gasteiger charge is 2.10. The number of aliphatic hydroxyl groups is 1. The van der Waals surface area contributed by atoms with Crippen LogP contribution in [0.5, 0.6) is 0 Å². The number of aliphatic imine (C=N–C) groups is 1. The van der Waals surface area contributed by atoms with Gasteiger partial charge in [-0.25, -0.2) is 0 Å². The molecule has 4 N–H and O–H groups in total. The van der Waals surface area contributed by atoms with Crippen molar-refractivity contribution in [1.29, 1.82) is 0 Å². The van der Waals surface area contributed by atoms with Gasteiger partial charge in [0.05, 0.1) is 13.2 Å². The monoisotopic (exact) mass is 370 g/mol. The third kappa shape index (κ3) is 7.29. The van der Waals surface area contributed by atoms with Gasteiger partial charge in [-0.3, -0.25) is 4.99 Å². The number of guanidine groups is 1. The number of aliphatic hydroxyl groups excluding tert-OH is 1. The van der Waals surface area contributed by atoms with Crippen molar-refractivity contribution >= 4 is 11.6 Å². The van der Waals surface area contributed by atoms with E-state index in [1.807, 2.05) is 30.3 Å². The quantitative estimate of drug-likeness (QED) is 0.293. The summed E-state index contributed by atoms with van der Waals surface area (Å²) < 4.78 is 5.03. The molecule has 0 saturated carbocycles. The predicted octanol–water partition coefficient (Wildman–Crippen LogP) is 2.19. The Balaban J connectivity index is 1.79. The van der Waals surface area contributed by atoms with E-state index in [1.54, 1.807) is 14.2 Å². The number of nitrogens with zero attached hydrogens (tertiary/aromatic N) is 1. The fourth-order valence-electron chi connectivity index (χ4n) is 2.68. The number of nitrogens with one attached hydrogen (secondary N) is 3. The van der Waals surface area contributed by atoms with E-state index >= 15 is 0 Å². The van der Waals surface area contributed by atoms with Crippen molar-refractivity contribution in [2.24, 2.45) is 4.99 Å². The van der Waals surface area contributed by atoms with Crippen LogP contribution in [0.2, 0.25) is 0 Å². The standard InChI is InChI=1S/C21H30N4O2/c1-22-21(25-15-19(16-26)18-6-4-3-5-7-18)24-14-17-8-10-20(11-9-17)23-12-13-27-2/h3-11,19,23,26H,12-16H2,1-2H3,(H2,22,24,25). The lowest BCUT2D eigenvalue weighted by molar-refractivity contribution is 0.211. The molecule has 0 heterocycles. The molecule has 146 valence electrons. The van der Waals surface area contributed by atoms with Crippen molar-refractivity contribution in [3.8, 4) is 0 Å². The van der Waals surface area contributed by atoms with Crippen molar-refractivity contribution in [1.82, 2.24) is 10.6 Å². The molecule has 2 aromatic carbocycles. The van der Waals surface area contributed by atoms with Gasteiger partial charge in [0.2, 0.25) is 0 Å². The largest absolute Gasteiger partial charge is 0.396 e. The smallest absolute Gasteiger partial charge is 0.191 e. The number of methoxy groups -OCH3 is 1. The zero-order valence-corrected chi connectivity index (χ0v) is 16.1. The van der Waals surface area contributed by atoms with Gasteiger partial charge in [-0.2, -0.15) is 0 Å². The molecule has 0 saturated heterocycles. The minimum absolute atomic E-state index is 0.0298. The Labute approximate surface area is 161 Å². The Morgan fingerprint density at radius 3 is 2.44 bits per heavy atom. The topological polar surface area (TPSA) is 77.9 Å². The first kappa shape index (κ1) is 20.7. The van der Waals surface area contributed by atoms with E-state index in [0.29, 0.717) is 25.7 Å². The van der Waals surface area contributed by atoms with Crippen molar-refractivity contribution in [2.75, 3.05) is 45.8 Å². The molecular weight excluding hydrogens is 340 g/mol. The fourth-order valence-corrected chi connectivity index (χ4v) is 2.68. The van der Waals surface area contributed by atoms with E-state index in [4.69, 9.17) is 4.74 Å². The lowest BCUT2D eigenvalue weighted by Gasteiger charge is -2.18. The maximum atomic E-state index is 9.66. The van der Waals surface area contributed by atoms with Crippen LogP contribution in [0.3, 0.4) is 0 Å². The van der Waals surface area contributed by atoms with Gasteiger partial charge in [-0.1, -0.05) is 42.5 Å². The van der Waals surface area contributed by atoms with Crippen LogP contribution in [0.25, 0.3) is 0 Å². The first-order valence-electron chi connectivity index (χ1n) is 9.19. The molecule has 0 aliphatic carbocycles. The normalized spacial score (nSPS) is 12.5. The lowest BCUT2D eigenvalue weighted by atomic mass is 10.0. The molecule has 0 aromatic heterocycles. The summed E-state index contributed by atoms with van der Waals surface area (Å²) in [5.41, 5.74) is 3.35. The van der Waals surface area contributed by atoms with Gasteiger partial charge in [0.1, 0.15) is 0 Å². The first-order valence-corrected chi connectivity index (χ1v) is 9.19. The van der Waals surface area contributed by atoms with Gasteiger partial charge in [0, 0.05) is 45.4 Å². The third-order valence-electron chi connectivity index (χ3n) is 4.28. The third-order valence-corrected chi connectivity index (χ3v) is 4.28. The highest BCUT2D eigenvalue weighted by Crippen LogP contribution is 2.13. The lowest BCUT2D eigenvalue weighted by Crippen LogP contribution is -2.39. The zero-order chi connectivity index (χ0) is 19.3. The maximum Gasteiger partial charge on any atom is 0.191 e. The highest BCUT2D eigenvalue weighted by atomic mass is 16.5. The fraction of sp³-hybridized carbons (Fsp3) is 0.381. The second-order valence-corrected chi connectivity index (χ2v) is 6.21. The Kier molecular flexibility index (Phi) is 9.17. The summed E-state index contributed by atoms with van der Waals surface area (Å²) in [6.07, 6.45) is 0. The molecule has 27 heavy (non-hydrogen) atoms. The van der Waals surface area contributed by atoms with Crippen LogP contribution in [-0.2, 0) is 11.3 Å². The molecule has 0 aliphatic rings. The summed E-state index contributed by atoms with van der Waals surface area (Å²) in [5, 5.41) is 19.6. The van der Waals surface area contributed by atoms with Gasteiger partial charge in [-0.15, -0.1) is 0 Å². The van der Waals surface area contributed by atoms with Gasteiger partial charge in [0.25, 0.3) is 0 Å². The number of hydrogen-bond acceptors (Lipinski definition) is 4. The molecule has 2 aromatic rings. The molecule has 0 radical (unpaired) electrons. The van der Waals surface area contributed by atoms with E-state index in [0.717, 1.165) is 23.4 Å². The second-order valence-electron chi connectivity index (χ2n) is 6.21. The Hall–Kier alpha value is -2.57. The van der Waals surface area contributed by atoms with E-state index < -0.39 is 0 Å². The zero-order valence-electron chi connectivity index (χ0n) is 16.1. The number of anilines is 1. The van der Waals surface area contributed by atoms with Crippen molar-refractivity contribution in [3.05, 3.63) is 65.7 Å². The summed E-state index contributed by atoms with van der Waals surface area (Å²) in [4.78, 5) is 4.26. The first-order chi connectivity index (χ1) is 13.3. The molecule has 6 nitrogen and oxygen atoms in total. The van der Waals surface area contributed by atoms with Crippen LogP contribution in [0.4, 0.5) is 5.69 Å². The molecule has 6 heteroatoms. The molecular formula is C21H30N4O2. The number of ether oxygens (including phenoxy) is 1. The number of benzene rings is 2. The van der Waals surface area contributed by atoms with E-state index in [2.05, 4.69) is 45.2 Å². The second kappa shape index (κ2) is 11.9. The molecule has 0 aliphatic heterocycles. The minimum atomic E-state index is 0.0298. The minimum Gasteiger partial charge on any atom is -0.396 e. The Bertz CT molecular complexity index is 674. The molecule has 2 rings (SSSR count). The van der Waals surface area contributed by atoms with E-state index in [1.165, 1.54) is 0 Å². The SMILES string of the molecule is CN=C(NCc1ccc(NCCOC)cc1)NCC(CO)c1ccccc1. The van der Waals surface area contributed by atoms with E-state index in [-0.39, 0.29) is 12.5 Å². The number of hydrogen-bond donors (Lipinski definition) is 4. The van der Waals surface area contributed by atoms with Gasteiger partial charge in [-0.05, 0) is 23.3 Å². The Morgan fingerprint density at radius 2 is 1.81 bits per heavy atom. The summed E-state index contributed by atoms with van der Waals surface area (Å²) in [5.74, 6) is 0.744. The predicted molar refractivity (Wildman–Crippen MR) is 111 cm³/mol. The summed E-state index contributed by atoms with van der Waals surface area (Å²) in [6.45, 7) is 2.85. The van der Waals surface area contributed by atoms with Crippen molar-refractivity contribution in [3.63, 3.8) is 0 Å². The average molecular weight is 370 g/mol. The van der Waals surface area contributed by atoms with Crippen LogP contribution >= 0.6 is 0 Å². The molecule has 0 bridgehead atoms. The molecule has 0 amide bonds. The van der Waals surface area contributed by atoms with Crippen LogP contribution < -0.4 is 16.0 Å². The average Bonchev–Trinajstić information content (AvgIpc) is 2.72. The summed E-state index contributed by atoms with van der Waals surface area (Å²) in [7, 11) is 3.44. The maximum absolute atomic E-state index is 9.66. The molecule has 0 spiro atoms. The summed E-state index contributed by atoms with van der Waals surface area (Å²) in [6, 6.07) is 18.3. The van der Waals surface area contributed by atoms with Gasteiger partial charge < -0.3 is 25.8 Å². The van der Waals surface area contributed by atoms with Crippen molar-refractivity contribution in [2.45, 2.75) is 12.5 Å².